The van der Waals surface area contributed by atoms with Crippen molar-refractivity contribution < 1.29 is 9.53 Å². The Morgan fingerprint density at radius 3 is 2.70 bits per heavy atom. The van der Waals surface area contributed by atoms with E-state index in [4.69, 9.17) is 22.1 Å². The van der Waals surface area contributed by atoms with Gasteiger partial charge >= 0.3 is 6.09 Å². The van der Waals surface area contributed by atoms with E-state index in [0.29, 0.717) is 16.9 Å². The molecule has 0 bridgehead atoms. The van der Waals surface area contributed by atoms with E-state index in [1.807, 2.05) is 20.8 Å². The van der Waals surface area contributed by atoms with Crippen LogP contribution in [0.5, 0.6) is 0 Å². The van der Waals surface area contributed by atoms with Crippen LogP contribution in [0.25, 0.3) is 0 Å². The van der Waals surface area contributed by atoms with Crippen molar-refractivity contribution in [2.45, 2.75) is 45.3 Å². The van der Waals surface area contributed by atoms with E-state index < -0.39 is 5.60 Å². The number of amides is 1. The van der Waals surface area contributed by atoms with Gasteiger partial charge in [-0.1, -0.05) is 11.6 Å². The molecule has 23 heavy (non-hydrogen) atoms. The molecule has 1 aromatic heterocycles. The summed E-state index contributed by atoms with van der Waals surface area (Å²) in [6, 6.07) is 0.294. The van der Waals surface area contributed by atoms with Crippen molar-refractivity contribution in [2.75, 3.05) is 24.1 Å². The summed E-state index contributed by atoms with van der Waals surface area (Å²) in [5.41, 5.74) is 5.42. The normalized spacial score (nSPS) is 19.9. The molecule has 1 saturated heterocycles. The number of nitrogens with one attached hydrogen (secondary N) is 1. The number of rotatable bonds is 2. The third-order valence-electron chi connectivity index (χ3n) is 4.22. The predicted octanol–water partition coefficient (Wildman–Crippen LogP) is 2.52. The largest absolute Gasteiger partial charge is 0.444 e. The van der Waals surface area contributed by atoms with Crippen molar-refractivity contribution in [3.63, 3.8) is 0 Å². The molecule has 1 spiro atoms. The number of nitrogens with zero attached hydrogens (tertiary/aromatic N) is 3. The second-order valence-corrected chi connectivity index (χ2v) is 7.89. The van der Waals surface area contributed by atoms with Crippen LogP contribution in [-0.2, 0) is 4.74 Å². The number of carbonyl (C=O) groups excluding carboxylic acids is 1. The number of ether oxygens (including phenoxy) is 1. The number of likely N-dealkylation sites (tertiary alicyclic amines) is 1. The summed E-state index contributed by atoms with van der Waals surface area (Å²) in [7, 11) is 0. The zero-order chi connectivity index (χ0) is 16.8. The summed E-state index contributed by atoms with van der Waals surface area (Å²) in [6.45, 7) is 7.13. The van der Waals surface area contributed by atoms with Crippen LogP contribution in [0, 0.1) is 5.41 Å². The highest BCUT2D eigenvalue weighted by Crippen LogP contribution is 2.49. The number of hydrogen-bond donors (Lipinski definition) is 2. The molecule has 2 aliphatic rings. The van der Waals surface area contributed by atoms with Gasteiger partial charge in [0.1, 0.15) is 22.8 Å². The lowest BCUT2D eigenvalue weighted by Crippen LogP contribution is -2.66. The molecule has 1 aliphatic carbocycles. The average Bonchev–Trinajstić information content (AvgIpc) is 2.33. The van der Waals surface area contributed by atoms with Crippen molar-refractivity contribution in [3.8, 4) is 0 Å². The summed E-state index contributed by atoms with van der Waals surface area (Å²) in [6.07, 6.45) is 3.12. The molecule has 1 aliphatic heterocycles. The number of aromatic nitrogens is 2. The van der Waals surface area contributed by atoms with Crippen molar-refractivity contribution in [1.29, 1.82) is 0 Å². The Morgan fingerprint density at radius 2 is 2.09 bits per heavy atom. The summed E-state index contributed by atoms with van der Waals surface area (Å²) in [5.74, 6) is 0.847. The van der Waals surface area contributed by atoms with Gasteiger partial charge in [0.2, 0.25) is 0 Å². The fourth-order valence-corrected chi connectivity index (χ4v) is 3.39. The first-order valence-corrected chi connectivity index (χ1v) is 8.06. The van der Waals surface area contributed by atoms with Gasteiger partial charge in [0.15, 0.2) is 5.82 Å². The van der Waals surface area contributed by atoms with Crippen LogP contribution in [0.2, 0.25) is 5.02 Å². The Hall–Kier alpha value is -1.76. The maximum absolute atomic E-state index is 12.0. The molecule has 0 unspecified atom stereocenters. The number of nitrogen functional groups attached to an aromatic ring is 1. The SMILES string of the molecule is CC(C)(C)OC(=O)N1CC2(CC(Nc3ncnc(N)c3Cl)C2)C1. The highest BCUT2D eigenvalue weighted by atomic mass is 35.5. The summed E-state index contributed by atoms with van der Waals surface area (Å²) in [5, 5.41) is 3.65. The lowest BCUT2D eigenvalue weighted by atomic mass is 9.61. The maximum atomic E-state index is 12.0. The maximum Gasteiger partial charge on any atom is 0.410 e. The Kier molecular flexibility index (Phi) is 3.78. The average molecular weight is 340 g/mol. The van der Waals surface area contributed by atoms with Crippen molar-refractivity contribution in [2.24, 2.45) is 5.41 Å². The first kappa shape index (κ1) is 16.1. The minimum atomic E-state index is -0.451. The molecule has 0 radical (unpaired) electrons. The lowest BCUT2D eigenvalue weighted by Gasteiger charge is -2.58. The summed E-state index contributed by atoms with van der Waals surface area (Å²) >= 11 is 6.08. The van der Waals surface area contributed by atoms with Gasteiger partial charge in [-0.15, -0.1) is 0 Å². The van der Waals surface area contributed by atoms with Gasteiger partial charge in [-0.05, 0) is 33.6 Å². The molecule has 3 rings (SSSR count). The second kappa shape index (κ2) is 5.40. The van der Waals surface area contributed by atoms with Gasteiger partial charge in [0, 0.05) is 24.5 Å². The third-order valence-corrected chi connectivity index (χ3v) is 4.59. The van der Waals surface area contributed by atoms with Gasteiger partial charge < -0.3 is 20.7 Å². The molecule has 1 amide bonds. The molecular formula is C15H22ClN5O2. The van der Waals surface area contributed by atoms with Crippen LogP contribution in [0.15, 0.2) is 6.33 Å². The van der Waals surface area contributed by atoms with E-state index in [-0.39, 0.29) is 17.3 Å². The lowest BCUT2D eigenvalue weighted by molar-refractivity contribution is -0.0739. The highest BCUT2D eigenvalue weighted by molar-refractivity contribution is 6.35. The third kappa shape index (κ3) is 3.29. The first-order valence-electron chi connectivity index (χ1n) is 7.68. The van der Waals surface area contributed by atoms with Crippen LogP contribution in [0.3, 0.4) is 0 Å². The van der Waals surface area contributed by atoms with Gasteiger partial charge in [0.25, 0.3) is 0 Å². The quantitative estimate of drug-likeness (QED) is 0.860. The van der Waals surface area contributed by atoms with Crippen molar-refractivity contribution in [3.05, 3.63) is 11.3 Å². The smallest absolute Gasteiger partial charge is 0.410 e. The molecule has 3 N–H and O–H groups in total. The van der Waals surface area contributed by atoms with Crippen LogP contribution < -0.4 is 11.1 Å². The molecule has 8 heteroatoms. The predicted molar refractivity (Wildman–Crippen MR) is 88.3 cm³/mol. The van der Waals surface area contributed by atoms with E-state index in [0.717, 1.165) is 25.9 Å². The van der Waals surface area contributed by atoms with E-state index >= 15 is 0 Å². The fourth-order valence-electron chi connectivity index (χ4n) is 3.24. The Morgan fingerprint density at radius 1 is 1.43 bits per heavy atom. The zero-order valence-electron chi connectivity index (χ0n) is 13.6. The number of anilines is 2. The van der Waals surface area contributed by atoms with Crippen molar-refractivity contribution >= 4 is 29.3 Å². The molecule has 2 heterocycles. The minimum absolute atomic E-state index is 0.208. The minimum Gasteiger partial charge on any atom is -0.444 e. The Bertz CT molecular complexity index is 617. The molecule has 1 aromatic rings. The Balaban J connectivity index is 1.47. The fraction of sp³-hybridized carbons (Fsp3) is 0.667. The topological polar surface area (TPSA) is 93.4 Å². The number of nitrogens with two attached hydrogens (primary N) is 1. The molecule has 7 nitrogen and oxygen atoms in total. The molecular weight excluding hydrogens is 318 g/mol. The van der Waals surface area contributed by atoms with Gasteiger partial charge in [-0.3, -0.25) is 0 Å². The van der Waals surface area contributed by atoms with Gasteiger partial charge in [-0.2, -0.15) is 0 Å². The highest BCUT2D eigenvalue weighted by Gasteiger charge is 2.54. The number of carbonyl (C=O) groups is 1. The van der Waals surface area contributed by atoms with Crippen LogP contribution in [0.1, 0.15) is 33.6 Å². The van der Waals surface area contributed by atoms with Gasteiger partial charge in [0.05, 0.1) is 0 Å². The zero-order valence-corrected chi connectivity index (χ0v) is 14.4. The van der Waals surface area contributed by atoms with E-state index in [1.54, 1.807) is 4.90 Å². The standard InChI is InChI=1S/C15H22ClN5O2/c1-14(2,3)23-13(22)21-6-15(7-21)4-9(5-15)20-12-10(16)11(17)18-8-19-12/h8-9H,4-7H2,1-3H3,(H3,17,18,19,20). The monoisotopic (exact) mass is 339 g/mol. The van der Waals surface area contributed by atoms with E-state index in [9.17, 15) is 4.79 Å². The van der Waals surface area contributed by atoms with Gasteiger partial charge in [-0.25, -0.2) is 14.8 Å². The molecule has 0 aromatic carbocycles. The van der Waals surface area contributed by atoms with Crippen LogP contribution in [-0.4, -0.2) is 45.7 Å². The first-order chi connectivity index (χ1) is 10.7. The van der Waals surface area contributed by atoms with Crippen LogP contribution >= 0.6 is 11.6 Å². The summed E-state index contributed by atoms with van der Waals surface area (Å²) < 4.78 is 5.38. The summed E-state index contributed by atoms with van der Waals surface area (Å²) in [4.78, 5) is 21.7. The van der Waals surface area contributed by atoms with E-state index in [1.165, 1.54) is 6.33 Å². The molecule has 0 atom stereocenters. The number of hydrogen-bond acceptors (Lipinski definition) is 6. The van der Waals surface area contributed by atoms with Crippen molar-refractivity contribution in [1.82, 2.24) is 14.9 Å². The van der Waals surface area contributed by atoms with Crippen LogP contribution in [0.4, 0.5) is 16.4 Å². The number of halogens is 1. The molecule has 2 fully saturated rings. The molecule has 126 valence electrons. The Labute approximate surface area is 140 Å². The van der Waals surface area contributed by atoms with E-state index in [2.05, 4.69) is 15.3 Å². The second-order valence-electron chi connectivity index (χ2n) is 7.51. The molecule has 1 saturated carbocycles.